The summed E-state index contributed by atoms with van der Waals surface area (Å²) < 4.78 is 0. The number of aliphatic carboxylic acids is 1. The van der Waals surface area contributed by atoms with Crippen molar-refractivity contribution in [2.75, 3.05) is 5.73 Å². The Kier molecular flexibility index (Phi) is 4.87. The van der Waals surface area contributed by atoms with Crippen LogP contribution in [0.15, 0.2) is 82.6 Å². The van der Waals surface area contributed by atoms with E-state index in [-0.39, 0.29) is 6.42 Å². The van der Waals surface area contributed by atoms with Gasteiger partial charge in [-0.15, -0.1) is 0 Å². The van der Waals surface area contributed by atoms with Crippen LogP contribution >= 0.6 is 11.8 Å². The van der Waals surface area contributed by atoms with E-state index >= 15 is 0 Å². The van der Waals surface area contributed by atoms with Crippen LogP contribution in [0.5, 0.6) is 0 Å². The van der Waals surface area contributed by atoms with Crippen LogP contribution < -0.4 is 5.73 Å². The highest BCUT2D eigenvalue weighted by Gasteiger charge is 2.08. The fourth-order valence-corrected chi connectivity index (χ4v) is 3.57. The van der Waals surface area contributed by atoms with Gasteiger partial charge < -0.3 is 10.8 Å². The van der Waals surface area contributed by atoms with E-state index in [1.54, 1.807) is 11.8 Å². The van der Waals surface area contributed by atoms with E-state index in [0.717, 1.165) is 32.2 Å². The van der Waals surface area contributed by atoms with Crippen molar-refractivity contribution in [1.29, 1.82) is 0 Å². The molecule has 3 rings (SSSR count). The summed E-state index contributed by atoms with van der Waals surface area (Å²) in [5.41, 5.74) is 9.61. The maximum atomic E-state index is 10.9. The van der Waals surface area contributed by atoms with Gasteiger partial charge in [0.25, 0.3) is 0 Å². The highest BCUT2D eigenvalue weighted by atomic mass is 32.2. The van der Waals surface area contributed by atoms with E-state index in [1.165, 1.54) is 0 Å². The van der Waals surface area contributed by atoms with Gasteiger partial charge in [0.2, 0.25) is 0 Å². The standard InChI is InChI=1S/C20H17NO2S/c21-16-7-4-6-15(13-16)18-9-1-2-10-19(18)24-17-8-3-5-14(11-17)12-20(22)23/h1-11,13H,12,21H2,(H,22,23). The summed E-state index contributed by atoms with van der Waals surface area (Å²) in [5.74, 6) is -0.822. The minimum Gasteiger partial charge on any atom is -0.481 e. The van der Waals surface area contributed by atoms with Crippen LogP contribution in [0.1, 0.15) is 5.56 Å². The Bertz CT molecular complexity index is 877. The highest BCUT2D eigenvalue weighted by molar-refractivity contribution is 7.99. The molecule has 0 bridgehead atoms. The van der Waals surface area contributed by atoms with Gasteiger partial charge in [0, 0.05) is 15.5 Å². The van der Waals surface area contributed by atoms with Gasteiger partial charge in [0.05, 0.1) is 6.42 Å². The summed E-state index contributed by atoms with van der Waals surface area (Å²) in [6.07, 6.45) is 0.0330. The number of hydrogen-bond acceptors (Lipinski definition) is 3. The third-order valence-corrected chi connectivity index (χ3v) is 4.63. The van der Waals surface area contributed by atoms with E-state index in [4.69, 9.17) is 10.8 Å². The number of carbonyl (C=O) groups is 1. The molecule has 0 fully saturated rings. The maximum Gasteiger partial charge on any atom is 0.307 e. The van der Waals surface area contributed by atoms with Crippen LogP contribution in [-0.4, -0.2) is 11.1 Å². The number of nitrogen functional groups attached to an aromatic ring is 1. The zero-order valence-corrected chi connectivity index (χ0v) is 13.8. The van der Waals surface area contributed by atoms with Gasteiger partial charge in [-0.3, -0.25) is 4.79 Å². The molecule has 0 saturated heterocycles. The first-order valence-corrected chi connectivity index (χ1v) is 8.37. The molecule has 3 N–H and O–H groups in total. The topological polar surface area (TPSA) is 63.3 Å². The monoisotopic (exact) mass is 335 g/mol. The summed E-state index contributed by atoms with van der Waals surface area (Å²) in [5, 5.41) is 8.95. The molecule has 3 aromatic rings. The molecule has 0 unspecified atom stereocenters. The molecular formula is C20H17NO2S. The minimum atomic E-state index is -0.822. The number of anilines is 1. The zero-order chi connectivity index (χ0) is 16.9. The molecule has 0 aromatic heterocycles. The first-order valence-electron chi connectivity index (χ1n) is 7.55. The molecule has 24 heavy (non-hydrogen) atoms. The van der Waals surface area contributed by atoms with E-state index in [1.807, 2.05) is 60.7 Å². The van der Waals surface area contributed by atoms with Crippen LogP contribution in [0, 0.1) is 0 Å². The Morgan fingerprint density at radius 2 is 1.75 bits per heavy atom. The number of carboxylic acid groups (broad SMARTS) is 1. The summed E-state index contributed by atoms with van der Waals surface area (Å²) in [7, 11) is 0. The van der Waals surface area contributed by atoms with E-state index in [0.29, 0.717) is 0 Å². The lowest BCUT2D eigenvalue weighted by Gasteiger charge is -2.10. The molecule has 4 heteroatoms. The van der Waals surface area contributed by atoms with Crippen LogP contribution in [0.2, 0.25) is 0 Å². The molecule has 0 aliphatic carbocycles. The molecule has 0 aliphatic heterocycles. The summed E-state index contributed by atoms with van der Waals surface area (Å²) in [6, 6.07) is 23.6. The van der Waals surface area contributed by atoms with Gasteiger partial charge in [-0.25, -0.2) is 0 Å². The normalized spacial score (nSPS) is 10.5. The molecule has 0 aliphatic rings. The molecule has 0 radical (unpaired) electrons. The van der Waals surface area contributed by atoms with Gasteiger partial charge in [-0.1, -0.05) is 54.2 Å². The predicted octanol–water partition coefficient (Wildman–Crippen LogP) is 4.71. The van der Waals surface area contributed by atoms with E-state index in [9.17, 15) is 4.79 Å². The Labute approximate surface area is 145 Å². The Morgan fingerprint density at radius 1 is 0.958 bits per heavy atom. The van der Waals surface area contributed by atoms with Gasteiger partial charge >= 0.3 is 5.97 Å². The van der Waals surface area contributed by atoms with Gasteiger partial charge in [0.1, 0.15) is 0 Å². The minimum absolute atomic E-state index is 0.0330. The first kappa shape index (κ1) is 16.1. The predicted molar refractivity (Wildman–Crippen MR) is 98.2 cm³/mol. The van der Waals surface area contributed by atoms with Crippen molar-refractivity contribution in [2.24, 2.45) is 0 Å². The molecule has 0 spiro atoms. The number of hydrogen-bond donors (Lipinski definition) is 2. The van der Waals surface area contributed by atoms with Crippen LogP contribution in [-0.2, 0) is 11.2 Å². The largest absolute Gasteiger partial charge is 0.481 e. The van der Waals surface area contributed by atoms with Crippen molar-refractivity contribution in [3.8, 4) is 11.1 Å². The third kappa shape index (κ3) is 3.97. The number of rotatable bonds is 5. The first-order chi connectivity index (χ1) is 11.6. The SMILES string of the molecule is Nc1cccc(-c2ccccc2Sc2cccc(CC(=O)O)c2)c1. The smallest absolute Gasteiger partial charge is 0.307 e. The van der Waals surface area contributed by atoms with Crippen LogP contribution in [0.4, 0.5) is 5.69 Å². The van der Waals surface area contributed by atoms with Gasteiger partial charge in [-0.05, 0) is 47.0 Å². The van der Waals surface area contributed by atoms with Crippen molar-refractivity contribution in [2.45, 2.75) is 16.2 Å². The van der Waals surface area contributed by atoms with E-state index in [2.05, 4.69) is 12.1 Å². The van der Waals surface area contributed by atoms with Crippen molar-refractivity contribution < 1.29 is 9.90 Å². The average molecular weight is 335 g/mol. The maximum absolute atomic E-state index is 10.9. The Morgan fingerprint density at radius 3 is 2.54 bits per heavy atom. The molecule has 0 amide bonds. The summed E-state index contributed by atoms with van der Waals surface area (Å²) >= 11 is 1.62. The van der Waals surface area contributed by atoms with Crippen molar-refractivity contribution in [3.05, 3.63) is 78.4 Å². The van der Waals surface area contributed by atoms with E-state index < -0.39 is 5.97 Å². The molecule has 0 heterocycles. The van der Waals surface area contributed by atoms with Gasteiger partial charge in [-0.2, -0.15) is 0 Å². The van der Waals surface area contributed by atoms with Gasteiger partial charge in [0.15, 0.2) is 0 Å². The lowest BCUT2D eigenvalue weighted by atomic mass is 10.1. The fourth-order valence-electron chi connectivity index (χ4n) is 2.52. The Balaban J connectivity index is 1.93. The summed E-state index contributed by atoms with van der Waals surface area (Å²) in [4.78, 5) is 13.0. The fraction of sp³-hybridized carbons (Fsp3) is 0.0500. The summed E-state index contributed by atoms with van der Waals surface area (Å²) in [6.45, 7) is 0. The average Bonchev–Trinajstić information content (AvgIpc) is 2.55. The lowest BCUT2D eigenvalue weighted by Crippen LogP contribution is -1.99. The van der Waals surface area contributed by atoms with Crippen molar-refractivity contribution >= 4 is 23.4 Å². The molecular weight excluding hydrogens is 318 g/mol. The molecule has 120 valence electrons. The molecule has 0 saturated carbocycles. The van der Waals surface area contributed by atoms with Crippen LogP contribution in [0.25, 0.3) is 11.1 Å². The van der Waals surface area contributed by atoms with Crippen molar-refractivity contribution in [1.82, 2.24) is 0 Å². The number of carboxylic acids is 1. The number of nitrogens with two attached hydrogens (primary N) is 1. The van der Waals surface area contributed by atoms with Crippen molar-refractivity contribution in [3.63, 3.8) is 0 Å². The molecule has 3 nitrogen and oxygen atoms in total. The van der Waals surface area contributed by atoms with Crippen LogP contribution in [0.3, 0.4) is 0 Å². The second-order valence-corrected chi connectivity index (χ2v) is 6.56. The molecule has 0 atom stereocenters. The Hall–Kier alpha value is -2.72. The lowest BCUT2D eigenvalue weighted by molar-refractivity contribution is -0.136. The second-order valence-electron chi connectivity index (χ2n) is 5.44. The number of benzene rings is 3. The highest BCUT2D eigenvalue weighted by Crippen LogP contribution is 2.36. The third-order valence-electron chi connectivity index (χ3n) is 3.57. The molecule has 3 aromatic carbocycles. The quantitative estimate of drug-likeness (QED) is 0.663. The zero-order valence-electron chi connectivity index (χ0n) is 13.0. The second kappa shape index (κ2) is 7.23.